The first-order valence-corrected chi connectivity index (χ1v) is 6.82. The lowest BCUT2D eigenvalue weighted by atomic mass is 9.94. The zero-order chi connectivity index (χ0) is 17.5. The topological polar surface area (TPSA) is 142 Å². The van der Waals surface area contributed by atoms with E-state index in [2.05, 4.69) is 5.32 Å². The first-order chi connectivity index (χ1) is 9.99. The fourth-order valence-electron chi connectivity index (χ4n) is 1.56. The van der Waals surface area contributed by atoms with Crippen LogP contribution in [0.1, 0.15) is 20.8 Å². The van der Waals surface area contributed by atoms with Gasteiger partial charge in [-0.05, 0) is 5.41 Å². The lowest BCUT2D eigenvalue weighted by Crippen LogP contribution is -2.52. The summed E-state index contributed by atoms with van der Waals surface area (Å²) in [5.41, 5.74) is 4.67. The molecule has 0 aliphatic heterocycles. The van der Waals surface area contributed by atoms with E-state index >= 15 is 0 Å². The van der Waals surface area contributed by atoms with Crippen LogP contribution in [-0.4, -0.2) is 65.2 Å². The number of nitrogens with one attached hydrogen (secondary N) is 1. The van der Waals surface area contributed by atoms with Crippen LogP contribution in [0.3, 0.4) is 0 Å². The molecule has 0 fully saturated rings. The number of carbonyl (C=O) groups excluding carboxylic acids is 2. The number of aliphatic hydroxyl groups excluding tert-OH is 3. The Labute approximate surface area is 130 Å². The molecule has 0 aliphatic carbocycles. The number of hydrogen-bond acceptors (Lipinski definition) is 6. The van der Waals surface area contributed by atoms with Gasteiger partial charge in [-0.15, -0.1) is 0 Å². The monoisotopic (exact) mass is 318 g/mol. The number of rotatable bonds is 8. The Morgan fingerprint density at radius 1 is 1.23 bits per heavy atom. The molecule has 8 heteroatoms. The van der Waals surface area contributed by atoms with Crippen molar-refractivity contribution in [2.75, 3.05) is 13.7 Å². The molecule has 128 valence electrons. The average molecular weight is 318 g/mol. The highest BCUT2D eigenvalue weighted by Gasteiger charge is 2.35. The Balaban J connectivity index is 4.80. The third kappa shape index (κ3) is 7.51. The summed E-state index contributed by atoms with van der Waals surface area (Å²) in [5, 5.41) is 31.9. The van der Waals surface area contributed by atoms with Crippen molar-refractivity contribution in [3.63, 3.8) is 0 Å². The maximum absolute atomic E-state index is 11.7. The zero-order valence-electron chi connectivity index (χ0n) is 13.3. The van der Waals surface area contributed by atoms with Crippen molar-refractivity contribution in [1.82, 2.24) is 5.32 Å². The van der Waals surface area contributed by atoms with E-state index in [1.807, 2.05) is 20.8 Å². The first-order valence-electron chi connectivity index (χ1n) is 6.82. The standard InChI is InChI=1S/C14H26N2O6/c1-14(2,3)6-5-8(17)10(19)11(20)12(22-4)13(21)16-7-9(15)18/h5-6,8,10-12,17,19-20H,7H2,1-4H3,(H2,15,18)(H,16,21)/b6-5+/t8-,10+,11-,12-/m1/s1. The number of primary amides is 1. The number of allylic oxidation sites excluding steroid dienone is 1. The highest BCUT2D eigenvalue weighted by Crippen LogP contribution is 2.16. The molecule has 0 aromatic rings. The Hall–Kier alpha value is -1.48. The van der Waals surface area contributed by atoms with Crippen LogP contribution in [0.4, 0.5) is 0 Å². The molecule has 0 saturated heterocycles. The molecule has 0 aromatic carbocycles. The summed E-state index contributed by atoms with van der Waals surface area (Å²) in [6, 6.07) is 0. The van der Waals surface area contributed by atoms with Crippen LogP contribution in [-0.2, 0) is 14.3 Å². The SMILES string of the molecule is CO[C@@H](C(=O)NCC(N)=O)[C@H](O)[C@@H](O)[C@H](O)/C=C/C(C)(C)C. The minimum absolute atomic E-state index is 0.217. The van der Waals surface area contributed by atoms with E-state index in [1.165, 1.54) is 6.08 Å². The van der Waals surface area contributed by atoms with E-state index in [0.717, 1.165) is 7.11 Å². The highest BCUT2D eigenvalue weighted by molar-refractivity contribution is 5.86. The van der Waals surface area contributed by atoms with Crippen molar-refractivity contribution in [2.45, 2.75) is 45.2 Å². The van der Waals surface area contributed by atoms with Gasteiger partial charge in [0.25, 0.3) is 5.91 Å². The van der Waals surface area contributed by atoms with Gasteiger partial charge in [-0.1, -0.05) is 32.9 Å². The Bertz CT molecular complexity index is 405. The molecule has 2 amide bonds. The lowest BCUT2D eigenvalue weighted by Gasteiger charge is -2.27. The second-order valence-corrected chi connectivity index (χ2v) is 6.04. The molecular formula is C14H26N2O6. The molecule has 6 N–H and O–H groups in total. The van der Waals surface area contributed by atoms with Crippen molar-refractivity contribution in [1.29, 1.82) is 0 Å². The number of hydrogen-bond donors (Lipinski definition) is 5. The van der Waals surface area contributed by atoms with Crippen molar-refractivity contribution in [2.24, 2.45) is 11.1 Å². The smallest absolute Gasteiger partial charge is 0.252 e. The molecule has 0 aliphatic rings. The molecule has 4 atom stereocenters. The molecule has 0 radical (unpaired) electrons. The van der Waals surface area contributed by atoms with Gasteiger partial charge in [-0.3, -0.25) is 9.59 Å². The van der Waals surface area contributed by atoms with E-state index in [-0.39, 0.29) is 5.41 Å². The van der Waals surface area contributed by atoms with Crippen LogP contribution >= 0.6 is 0 Å². The number of nitrogens with two attached hydrogens (primary N) is 1. The second-order valence-electron chi connectivity index (χ2n) is 6.04. The lowest BCUT2D eigenvalue weighted by molar-refractivity contribution is -0.149. The highest BCUT2D eigenvalue weighted by atomic mass is 16.5. The number of methoxy groups -OCH3 is 1. The summed E-state index contributed by atoms with van der Waals surface area (Å²) >= 11 is 0. The largest absolute Gasteiger partial charge is 0.387 e. The molecule has 0 spiro atoms. The third-order valence-corrected chi connectivity index (χ3v) is 2.75. The normalized spacial score (nSPS) is 17.8. The van der Waals surface area contributed by atoms with E-state index in [1.54, 1.807) is 6.08 Å². The van der Waals surface area contributed by atoms with E-state index in [0.29, 0.717) is 0 Å². The molecule has 0 saturated carbocycles. The predicted molar refractivity (Wildman–Crippen MR) is 79.6 cm³/mol. The molecule has 0 bridgehead atoms. The number of aliphatic hydroxyl groups is 3. The van der Waals surface area contributed by atoms with Crippen LogP contribution in [0.25, 0.3) is 0 Å². The van der Waals surface area contributed by atoms with E-state index in [9.17, 15) is 24.9 Å². The Kier molecular flexibility index (Phi) is 8.25. The van der Waals surface area contributed by atoms with Crippen LogP contribution in [0, 0.1) is 5.41 Å². The maximum Gasteiger partial charge on any atom is 0.252 e. The summed E-state index contributed by atoms with van der Waals surface area (Å²) < 4.78 is 4.81. The molecule has 0 aromatic heterocycles. The van der Waals surface area contributed by atoms with Gasteiger partial charge in [0.15, 0.2) is 6.10 Å². The van der Waals surface area contributed by atoms with Gasteiger partial charge in [0, 0.05) is 7.11 Å². The average Bonchev–Trinajstić information content (AvgIpc) is 2.41. The van der Waals surface area contributed by atoms with Gasteiger partial charge in [0.1, 0.15) is 18.3 Å². The summed E-state index contributed by atoms with van der Waals surface area (Å²) in [6.45, 7) is 5.27. The van der Waals surface area contributed by atoms with Crippen molar-refractivity contribution in [3.8, 4) is 0 Å². The summed E-state index contributed by atoms with van der Waals surface area (Å²) in [6.07, 6.45) is -3.15. The number of ether oxygens (including phenoxy) is 1. The summed E-state index contributed by atoms with van der Waals surface area (Å²) in [4.78, 5) is 22.4. The molecule has 8 nitrogen and oxygen atoms in total. The summed E-state index contributed by atoms with van der Waals surface area (Å²) in [7, 11) is 1.15. The number of amides is 2. The molecule has 0 heterocycles. The minimum Gasteiger partial charge on any atom is -0.387 e. The third-order valence-electron chi connectivity index (χ3n) is 2.75. The van der Waals surface area contributed by atoms with Crippen LogP contribution in [0.15, 0.2) is 12.2 Å². The molecule has 0 unspecified atom stereocenters. The summed E-state index contributed by atoms with van der Waals surface area (Å²) in [5.74, 6) is -1.58. The van der Waals surface area contributed by atoms with Gasteiger partial charge >= 0.3 is 0 Å². The number of carbonyl (C=O) groups is 2. The van der Waals surface area contributed by atoms with Crippen LogP contribution in [0.2, 0.25) is 0 Å². The van der Waals surface area contributed by atoms with E-state index in [4.69, 9.17) is 10.5 Å². The van der Waals surface area contributed by atoms with Crippen molar-refractivity contribution in [3.05, 3.63) is 12.2 Å². The quantitative estimate of drug-likeness (QED) is 0.337. The van der Waals surface area contributed by atoms with Crippen molar-refractivity contribution >= 4 is 11.8 Å². The van der Waals surface area contributed by atoms with Crippen LogP contribution < -0.4 is 11.1 Å². The Morgan fingerprint density at radius 3 is 2.18 bits per heavy atom. The fourth-order valence-corrected chi connectivity index (χ4v) is 1.56. The minimum atomic E-state index is -1.68. The Morgan fingerprint density at radius 2 is 1.77 bits per heavy atom. The van der Waals surface area contributed by atoms with Gasteiger partial charge in [0.2, 0.25) is 5.91 Å². The molecule has 0 rings (SSSR count). The van der Waals surface area contributed by atoms with Crippen molar-refractivity contribution < 1.29 is 29.6 Å². The van der Waals surface area contributed by atoms with Crippen LogP contribution in [0.5, 0.6) is 0 Å². The second kappa shape index (κ2) is 8.84. The fraction of sp³-hybridized carbons (Fsp3) is 0.714. The van der Waals surface area contributed by atoms with Gasteiger partial charge in [-0.2, -0.15) is 0 Å². The molecule has 22 heavy (non-hydrogen) atoms. The zero-order valence-corrected chi connectivity index (χ0v) is 13.3. The van der Waals surface area contributed by atoms with Gasteiger partial charge in [0.05, 0.1) is 6.54 Å². The first kappa shape index (κ1) is 20.5. The van der Waals surface area contributed by atoms with Gasteiger partial charge in [-0.25, -0.2) is 0 Å². The van der Waals surface area contributed by atoms with E-state index < -0.39 is 42.8 Å². The maximum atomic E-state index is 11.7. The predicted octanol–water partition coefficient (Wildman–Crippen LogP) is -1.71. The molecular weight excluding hydrogens is 292 g/mol. The van der Waals surface area contributed by atoms with Gasteiger partial charge < -0.3 is 31.1 Å².